The van der Waals surface area contributed by atoms with Crippen LogP contribution < -0.4 is 5.32 Å². The molecule has 0 aromatic heterocycles. The van der Waals surface area contributed by atoms with Crippen LogP contribution in [0, 0.1) is 6.92 Å². The zero-order valence-electron chi connectivity index (χ0n) is 14.3. The molecule has 120 valence electrons. The maximum atomic E-state index is 5.15. The molecule has 1 unspecified atom stereocenters. The summed E-state index contributed by atoms with van der Waals surface area (Å²) in [5.74, 6) is 0. The number of hydrogen-bond acceptors (Lipinski definition) is 2. The van der Waals surface area contributed by atoms with Crippen molar-refractivity contribution in [3.63, 3.8) is 0 Å². The van der Waals surface area contributed by atoms with Crippen LogP contribution in [-0.2, 0) is 6.42 Å². The van der Waals surface area contributed by atoms with Crippen LogP contribution in [0.4, 0.5) is 0 Å². The Hall–Kier alpha value is -1.93. The Kier molecular flexibility index (Phi) is 5.38. The van der Waals surface area contributed by atoms with E-state index in [4.69, 9.17) is 12.2 Å². The lowest BCUT2D eigenvalue weighted by atomic mass is 9.98. The van der Waals surface area contributed by atoms with Gasteiger partial charge in [0.1, 0.15) is 0 Å². The van der Waals surface area contributed by atoms with Gasteiger partial charge in [-0.05, 0) is 73.1 Å². The lowest BCUT2D eigenvalue weighted by Crippen LogP contribution is -2.19. The quantitative estimate of drug-likeness (QED) is 0.414. The molecule has 1 aliphatic rings. The van der Waals surface area contributed by atoms with Gasteiger partial charge < -0.3 is 5.32 Å². The molecule has 1 aliphatic carbocycles. The van der Waals surface area contributed by atoms with E-state index >= 15 is 0 Å². The third kappa shape index (κ3) is 3.70. The smallest absolute Gasteiger partial charge is 0.0519 e. The van der Waals surface area contributed by atoms with Crippen LogP contribution in [0.1, 0.15) is 48.6 Å². The molecule has 2 heteroatoms. The zero-order valence-corrected chi connectivity index (χ0v) is 15.1. The molecular weight excluding hydrogens is 298 g/mol. The Bertz CT molecular complexity index is 722. The predicted octanol–water partition coefficient (Wildman–Crippen LogP) is 5.62. The second-order valence-electron chi connectivity index (χ2n) is 6.17. The highest BCUT2D eigenvalue weighted by molar-refractivity contribution is 7.80. The van der Waals surface area contributed by atoms with E-state index in [1.165, 1.54) is 22.3 Å². The monoisotopic (exact) mass is 323 g/mol. The number of benzene rings is 1. The van der Waals surface area contributed by atoms with Crippen molar-refractivity contribution in [1.82, 2.24) is 5.32 Å². The van der Waals surface area contributed by atoms with Gasteiger partial charge in [0.15, 0.2) is 0 Å². The van der Waals surface area contributed by atoms with E-state index < -0.39 is 0 Å². The predicted molar refractivity (Wildman–Crippen MR) is 106 cm³/mol. The number of hydrogen-bond donors (Lipinski definition) is 1. The zero-order chi connectivity index (χ0) is 17.1. The molecule has 0 amide bonds. The fraction of sp³-hybridized carbons (Fsp3) is 0.286. The first kappa shape index (κ1) is 17.4. The largest absolute Gasteiger partial charge is 0.378 e. The fourth-order valence-corrected chi connectivity index (χ4v) is 3.10. The SMILES string of the molecule is C=Cc1ccc2c(c1C)CCC2NC(=C)/C(C)=C/C(=C)C(C)=S. The van der Waals surface area contributed by atoms with Crippen molar-refractivity contribution < 1.29 is 0 Å². The first-order valence-corrected chi connectivity index (χ1v) is 8.34. The van der Waals surface area contributed by atoms with E-state index in [1.54, 1.807) is 0 Å². The maximum absolute atomic E-state index is 5.15. The van der Waals surface area contributed by atoms with Gasteiger partial charge in [-0.3, -0.25) is 0 Å². The van der Waals surface area contributed by atoms with Crippen LogP contribution >= 0.6 is 12.2 Å². The average Bonchev–Trinajstić information content (AvgIpc) is 2.91. The second kappa shape index (κ2) is 7.10. The second-order valence-corrected chi connectivity index (χ2v) is 6.79. The number of fused-ring (bicyclic) bond motifs is 1. The Morgan fingerprint density at radius 2 is 2.00 bits per heavy atom. The van der Waals surface area contributed by atoms with Gasteiger partial charge in [-0.2, -0.15) is 0 Å². The first-order valence-electron chi connectivity index (χ1n) is 7.94. The van der Waals surface area contributed by atoms with Crippen LogP contribution in [0.2, 0.25) is 0 Å². The molecule has 0 radical (unpaired) electrons. The van der Waals surface area contributed by atoms with Crippen LogP contribution in [0.5, 0.6) is 0 Å². The molecule has 1 nitrogen and oxygen atoms in total. The van der Waals surface area contributed by atoms with Crippen molar-refractivity contribution in [1.29, 1.82) is 0 Å². The summed E-state index contributed by atoms with van der Waals surface area (Å²) in [4.78, 5) is 0.816. The molecule has 1 N–H and O–H groups in total. The fourth-order valence-electron chi connectivity index (χ4n) is 3.04. The number of nitrogens with one attached hydrogen (secondary N) is 1. The molecule has 0 aliphatic heterocycles. The van der Waals surface area contributed by atoms with Crippen LogP contribution in [0.3, 0.4) is 0 Å². The molecule has 0 saturated heterocycles. The molecule has 1 atom stereocenters. The highest BCUT2D eigenvalue weighted by Crippen LogP contribution is 2.35. The highest BCUT2D eigenvalue weighted by Gasteiger charge is 2.24. The summed E-state index contributed by atoms with van der Waals surface area (Å²) in [7, 11) is 0. The van der Waals surface area contributed by atoms with Crippen molar-refractivity contribution in [3.05, 3.63) is 77.0 Å². The molecule has 0 heterocycles. The Morgan fingerprint density at radius 3 is 2.61 bits per heavy atom. The van der Waals surface area contributed by atoms with Gasteiger partial charge in [-0.25, -0.2) is 0 Å². The van der Waals surface area contributed by atoms with E-state index in [-0.39, 0.29) is 0 Å². The Balaban J connectivity index is 2.17. The van der Waals surface area contributed by atoms with Crippen molar-refractivity contribution in [2.75, 3.05) is 0 Å². The average molecular weight is 324 g/mol. The molecule has 0 spiro atoms. The Labute approximate surface area is 145 Å². The van der Waals surface area contributed by atoms with Gasteiger partial charge in [0.25, 0.3) is 0 Å². The van der Waals surface area contributed by atoms with Crippen molar-refractivity contribution in [2.24, 2.45) is 0 Å². The molecule has 1 aromatic carbocycles. The summed E-state index contributed by atoms with van der Waals surface area (Å²) < 4.78 is 0. The minimum atomic E-state index is 0.320. The lowest BCUT2D eigenvalue weighted by Gasteiger charge is -2.19. The van der Waals surface area contributed by atoms with Gasteiger partial charge >= 0.3 is 0 Å². The molecule has 0 bridgehead atoms. The van der Waals surface area contributed by atoms with E-state index in [2.05, 4.69) is 44.1 Å². The van der Waals surface area contributed by atoms with Crippen molar-refractivity contribution in [3.8, 4) is 0 Å². The lowest BCUT2D eigenvalue weighted by molar-refractivity contribution is 0.598. The van der Waals surface area contributed by atoms with Crippen molar-refractivity contribution in [2.45, 2.75) is 39.7 Å². The molecule has 1 aromatic rings. The number of allylic oxidation sites excluding steroid dienone is 3. The van der Waals surface area contributed by atoms with Crippen LogP contribution in [-0.4, -0.2) is 4.86 Å². The van der Waals surface area contributed by atoms with E-state index in [0.29, 0.717) is 6.04 Å². The third-order valence-electron chi connectivity index (χ3n) is 4.62. The number of rotatable bonds is 6. The van der Waals surface area contributed by atoms with Gasteiger partial charge in [0.2, 0.25) is 0 Å². The summed E-state index contributed by atoms with van der Waals surface area (Å²) >= 11 is 5.15. The summed E-state index contributed by atoms with van der Waals surface area (Å²) in [6, 6.07) is 4.70. The first-order chi connectivity index (χ1) is 10.8. The molecule has 0 fully saturated rings. The third-order valence-corrected chi connectivity index (χ3v) is 4.88. The maximum Gasteiger partial charge on any atom is 0.0519 e. The van der Waals surface area contributed by atoms with Crippen LogP contribution in [0.15, 0.2) is 54.8 Å². The number of thiocarbonyl (C=S) groups is 1. The van der Waals surface area contributed by atoms with Gasteiger partial charge in [0.05, 0.1) is 6.04 Å². The molecule has 23 heavy (non-hydrogen) atoms. The Morgan fingerprint density at radius 1 is 1.30 bits per heavy atom. The van der Waals surface area contributed by atoms with Crippen molar-refractivity contribution >= 4 is 23.2 Å². The molecule has 2 rings (SSSR count). The van der Waals surface area contributed by atoms with E-state index in [0.717, 1.165) is 34.5 Å². The molecule has 0 saturated carbocycles. The molecular formula is C21H25NS. The topological polar surface area (TPSA) is 12.0 Å². The van der Waals surface area contributed by atoms with Gasteiger partial charge in [0, 0.05) is 10.6 Å². The highest BCUT2D eigenvalue weighted by atomic mass is 32.1. The van der Waals surface area contributed by atoms with Gasteiger partial charge in [-0.15, -0.1) is 0 Å². The minimum Gasteiger partial charge on any atom is -0.378 e. The summed E-state index contributed by atoms with van der Waals surface area (Å²) in [5, 5.41) is 3.57. The summed E-state index contributed by atoms with van der Waals surface area (Å²) in [6.45, 7) is 18.2. The van der Waals surface area contributed by atoms with Gasteiger partial charge in [-0.1, -0.05) is 50.2 Å². The standard InChI is InChI=1S/C21H25NS/c1-7-18-8-9-20-19(15(18)4)10-11-21(20)22-16(5)13(2)12-14(3)17(6)23/h7-9,12,21-22H,1,3,5,10-11H2,2,4,6H3/b13-12+. The normalized spacial score (nSPS) is 16.7. The minimum absolute atomic E-state index is 0.320. The summed E-state index contributed by atoms with van der Waals surface area (Å²) in [5.41, 5.74) is 8.30. The van der Waals surface area contributed by atoms with E-state index in [9.17, 15) is 0 Å². The van der Waals surface area contributed by atoms with Crippen LogP contribution in [0.25, 0.3) is 6.08 Å². The van der Waals surface area contributed by atoms with E-state index in [1.807, 2.05) is 26.0 Å². The summed E-state index contributed by atoms with van der Waals surface area (Å²) in [6.07, 6.45) is 6.12.